The Morgan fingerprint density at radius 3 is 2.63 bits per heavy atom. The Kier molecular flexibility index (Phi) is 6.69. The molecule has 0 unspecified atom stereocenters. The molecule has 1 amide bonds. The SMILES string of the molecule is Cc1sc2nc(CS[C@H](C)C(=O)OCC(=O)NC(C)(C)C)[nH]c(=O)c2c1C. The molecule has 0 aliphatic rings. The third-order valence-electron chi connectivity index (χ3n) is 3.75. The number of aryl methyl sites for hydroxylation is 2. The van der Waals surface area contributed by atoms with Crippen LogP contribution in [0.25, 0.3) is 10.2 Å². The maximum Gasteiger partial charge on any atom is 0.319 e. The molecule has 2 aromatic rings. The van der Waals surface area contributed by atoms with E-state index in [-0.39, 0.29) is 23.6 Å². The molecule has 0 spiro atoms. The number of ether oxygens (including phenoxy) is 1. The van der Waals surface area contributed by atoms with Crippen molar-refractivity contribution >= 4 is 45.2 Å². The first-order chi connectivity index (χ1) is 12.5. The van der Waals surface area contributed by atoms with Crippen molar-refractivity contribution in [3.05, 3.63) is 26.6 Å². The normalized spacial score (nSPS) is 12.8. The molecule has 0 saturated heterocycles. The molecule has 0 bridgehead atoms. The molecule has 9 heteroatoms. The van der Waals surface area contributed by atoms with Crippen molar-refractivity contribution in [1.29, 1.82) is 0 Å². The van der Waals surface area contributed by atoms with Crippen molar-refractivity contribution in [3.8, 4) is 0 Å². The Labute approximate surface area is 166 Å². The van der Waals surface area contributed by atoms with Crippen molar-refractivity contribution in [2.75, 3.05) is 6.61 Å². The summed E-state index contributed by atoms with van der Waals surface area (Å²) in [6.45, 7) is 10.8. The number of carbonyl (C=O) groups excluding carboxylic acids is 2. The number of H-pyrrole nitrogens is 1. The molecular formula is C18H25N3O4S2. The standard InChI is InChI=1S/C18H25N3O4S2/c1-9-10(2)27-16-14(9)15(23)19-12(20-16)8-26-11(3)17(24)25-7-13(22)21-18(4,5)6/h11H,7-8H2,1-6H3,(H,21,22)(H,19,20,23)/t11-/m1/s1. The van der Waals surface area contributed by atoms with Crippen LogP contribution in [-0.4, -0.2) is 39.2 Å². The van der Waals surface area contributed by atoms with Gasteiger partial charge < -0.3 is 15.0 Å². The molecule has 2 N–H and O–H groups in total. The lowest BCUT2D eigenvalue weighted by molar-refractivity contribution is -0.148. The van der Waals surface area contributed by atoms with E-state index < -0.39 is 11.2 Å². The first-order valence-electron chi connectivity index (χ1n) is 8.56. The van der Waals surface area contributed by atoms with Crippen LogP contribution in [-0.2, 0) is 20.1 Å². The van der Waals surface area contributed by atoms with Gasteiger partial charge in [0.25, 0.3) is 11.5 Å². The monoisotopic (exact) mass is 411 g/mol. The van der Waals surface area contributed by atoms with Crippen LogP contribution in [0.5, 0.6) is 0 Å². The van der Waals surface area contributed by atoms with Crippen molar-refractivity contribution in [1.82, 2.24) is 15.3 Å². The Morgan fingerprint density at radius 2 is 2.00 bits per heavy atom. The molecular weight excluding hydrogens is 386 g/mol. The second-order valence-electron chi connectivity index (χ2n) is 7.34. The number of rotatable bonds is 6. The number of carbonyl (C=O) groups is 2. The van der Waals surface area contributed by atoms with E-state index in [0.29, 0.717) is 21.8 Å². The Balaban J connectivity index is 1.92. The molecule has 7 nitrogen and oxygen atoms in total. The van der Waals surface area contributed by atoms with Crippen molar-refractivity contribution in [2.24, 2.45) is 0 Å². The molecule has 2 heterocycles. The van der Waals surface area contributed by atoms with Gasteiger partial charge in [0, 0.05) is 10.4 Å². The van der Waals surface area contributed by atoms with Gasteiger partial charge >= 0.3 is 5.97 Å². The van der Waals surface area contributed by atoms with Gasteiger partial charge in [-0.2, -0.15) is 0 Å². The summed E-state index contributed by atoms with van der Waals surface area (Å²) in [6, 6.07) is 0. The Morgan fingerprint density at radius 1 is 1.33 bits per heavy atom. The van der Waals surface area contributed by atoms with Crippen LogP contribution < -0.4 is 10.9 Å². The van der Waals surface area contributed by atoms with E-state index in [1.165, 1.54) is 23.1 Å². The molecule has 2 rings (SSSR count). The lowest BCUT2D eigenvalue weighted by atomic mass is 10.1. The van der Waals surface area contributed by atoms with Crippen molar-refractivity contribution in [3.63, 3.8) is 0 Å². The summed E-state index contributed by atoms with van der Waals surface area (Å²) in [7, 11) is 0. The third kappa shape index (κ3) is 5.80. The van der Waals surface area contributed by atoms with Crippen LogP contribution in [0.15, 0.2) is 4.79 Å². The summed E-state index contributed by atoms with van der Waals surface area (Å²) in [5.74, 6) is 0.0677. The number of hydrogen-bond acceptors (Lipinski definition) is 7. The van der Waals surface area contributed by atoms with E-state index in [4.69, 9.17) is 4.74 Å². The van der Waals surface area contributed by atoms with Crippen LogP contribution in [0, 0.1) is 13.8 Å². The van der Waals surface area contributed by atoms with Gasteiger partial charge in [0.15, 0.2) is 6.61 Å². The second kappa shape index (κ2) is 8.43. The van der Waals surface area contributed by atoms with E-state index in [1.807, 2.05) is 34.6 Å². The highest BCUT2D eigenvalue weighted by atomic mass is 32.2. The third-order valence-corrected chi connectivity index (χ3v) is 5.98. The van der Waals surface area contributed by atoms with Gasteiger partial charge in [-0.25, -0.2) is 4.98 Å². The first-order valence-corrected chi connectivity index (χ1v) is 10.4. The Hall–Kier alpha value is -1.87. The minimum absolute atomic E-state index is 0.161. The number of hydrogen-bond donors (Lipinski definition) is 2. The highest BCUT2D eigenvalue weighted by molar-refractivity contribution is 7.99. The fourth-order valence-electron chi connectivity index (χ4n) is 2.35. The molecule has 0 aliphatic carbocycles. The zero-order chi connectivity index (χ0) is 20.4. The molecule has 1 atom stereocenters. The predicted molar refractivity (Wildman–Crippen MR) is 109 cm³/mol. The highest BCUT2D eigenvalue weighted by Crippen LogP contribution is 2.26. The molecule has 148 valence electrons. The van der Waals surface area contributed by atoms with E-state index >= 15 is 0 Å². The maximum absolute atomic E-state index is 12.3. The molecule has 0 radical (unpaired) electrons. The number of thioether (sulfide) groups is 1. The molecule has 0 aromatic carbocycles. The van der Waals surface area contributed by atoms with E-state index in [0.717, 1.165) is 10.4 Å². The smallest absolute Gasteiger partial charge is 0.319 e. The highest BCUT2D eigenvalue weighted by Gasteiger charge is 2.20. The van der Waals surface area contributed by atoms with Gasteiger partial charge in [-0.15, -0.1) is 23.1 Å². The largest absolute Gasteiger partial charge is 0.455 e. The lowest BCUT2D eigenvalue weighted by Gasteiger charge is -2.20. The number of esters is 1. The average molecular weight is 412 g/mol. The van der Waals surface area contributed by atoms with Gasteiger partial charge in [0.2, 0.25) is 0 Å². The second-order valence-corrected chi connectivity index (χ2v) is 9.87. The number of fused-ring (bicyclic) bond motifs is 1. The van der Waals surface area contributed by atoms with Gasteiger partial charge in [0.05, 0.1) is 11.1 Å². The number of nitrogens with zero attached hydrogens (tertiary/aromatic N) is 1. The van der Waals surface area contributed by atoms with Crippen LogP contribution >= 0.6 is 23.1 Å². The number of nitrogens with one attached hydrogen (secondary N) is 2. The molecule has 0 saturated carbocycles. The van der Waals surface area contributed by atoms with Crippen molar-refractivity contribution in [2.45, 2.75) is 58.1 Å². The summed E-state index contributed by atoms with van der Waals surface area (Å²) >= 11 is 2.78. The van der Waals surface area contributed by atoms with Gasteiger partial charge in [0.1, 0.15) is 15.9 Å². The number of aromatic amines is 1. The zero-order valence-corrected chi connectivity index (χ0v) is 18.0. The van der Waals surface area contributed by atoms with Gasteiger partial charge in [-0.05, 0) is 47.1 Å². The fraction of sp³-hybridized carbons (Fsp3) is 0.556. The summed E-state index contributed by atoms with van der Waals surface area (Å²) in [5, 5.41) is 2.87. The fourth-order valence-corrected chi connectivity index (χ4v) is 4.15. The van der Waals surface area contributed by atoms with Crippen LogP contribution in [0.1, 0.15) is 44.0 Å². The molecule has 0 fully saturated rings. The molecule has 27 heavy (non-hydrogen) atoms. The number of aromatic nitrogens is 2. The summed E-state index contributed by atoms with van der Waals surface area (Å²) in [5.41, 5.74) is 0.415. The minimum Gasteiger partial charge on any atom is -0.455 e. The predicted octanol–water partition coefficient (Wildman–Crippen LogP) is 2.68. The molecule has 0 aliphatic heterocycles. The van der Waals surface area contributed by atoms with Crippen molar-refractivity contribution < 1.29 is 14.3 Å². The van der Waals surface area contributed by atoms with E-state index in [2.05, 4.69) is 15.3 Å². The van der Waals surface area contributed by atoms with E-state index in [9.17, 15) is 14.4 Å². The average Bonchev–Trinajstić information content (AvgIpc) is 2.83. The topological polar surface area (TPSA) is 101 Å². The van der Waals surface area contributed by atoms with Gasteiger partial charge in [-0.1, -0.05) is 0 Å². The number of thiophene rings is 1. The summed E-state index contributed by atoms with van der Waals surface area (Å²) in [4.78, 5) is 45.1. The quantitative estimate of drug-likeness (QED) is 0.709. The minimum atomic E-state index is -0.486. The lowest BCUT2D eigenvalue weighted by Crippen LogP contribution is -2.43. The maximum atomic E-state index is 12.3. The molecule has 2 aromatic heterocycles. The number of amides is 1. The van der Waals surface area contributed by atoms with E-state index in [1.54, 1.807) is 6.92 Å². The Bertz CT molecular complexity index is 912. The summed E-state index contributed by atoms with van der Waals surface area (Å²) < 4.78 is 5.05. The summed E-state index contributed by atoms with van der Waals surface area (Å²) in [6.07, 6.45) is 0. The van der Waals surface area contributed by atoms with Crippen LogP contribution in [0.3, 0.4) is 0 Å². The zero-order valence-electron chi connectivity index (χ0n) is 16.4. The van der Waals surface area contributed by atoms with Crippen LogP contribution in [0.2, 0.25) is 0 Å². The van der Waals surface area contributed by atoms with Gasteiger partial charge in [-0.3, -0.25) is 14.4 Å². The van der Waals surface area contributed by atoms with Crippen LogP contribution in [0.4, 0.5) is 0 Å². The first kappa shape index (κ1) is 21.4.